The SMILES string of the molecule is CC(C)(C)c1nnc(-c2cc3c(cc2F)S(=O)(=O)C[C@H](NC(=O)CN)C(=O)N3Cc2ccc(Cl)cc2)o1. The lowest BCUT2D eigenvalue weighted by molar-refractivity contribution is -0.126. The number of carbonyl (C=O) groups is 2. The molecule has 2 aromatic carbocycles. The number of hydrogen-bond acceptors (Lipinski definition) is 8. The van der Waals surface area contributed by atoms with Crippen molar-refractivity contribution in [2.75, 3.05) is 17.2 Å². The van der Waals surface area contributed by atoms with Crippen LogP contribution in [0.1, 0.15) is 32.2 Å². The van der Waals surface area contributed by atoms with Gasteiger partial charge in [0, 0.05) is 10.4 Å². The van der Waals surface area contributed by atoms with E-state index in [1.54, 1.807) is 24.3 Å². The van der Waals surface area contributed by atoms with Gasteiger partial charge in [0.1, 0.15) is 11.9 Å². The summed E-state index contributed by atoms with van der Waals surface area (Å²) in [5.41, 5.74) is 5.21. The van der Waals surface area contributed by atoms with Crippen LogP contribution in [0.15, 0.2) is 45.7 Å². The molecule has 4 rings (SSSR count). The maximum absolute atomic E-state index is 15.3. The van der Waals surface area contributed by atoms with Crippen LogP contribution in [0.25, 0.3) is 11.5 Å². The van der Waals surface area contributed by atoms with Crippen molar-refractivity contribution in [1.82, 2.24) is 15.5 Å². The van der Waals surface area contributed by atoms with Gasteiger partial charge in [-0.05, 0) is 29.8 Å². The van der Waals surface area contributed by atoms with Crippen molar-refractivity contribution in [3.63, 3.8) is 0 Å². The molecule has 0 saturated heterocycles. The van der Waals surface area contributed by atoms with Crippen LogP contribution < -0.4 is 16.0 Å². The highest BCUT2D eigenvalue weighted by Gasteiger charge is 2.40. The van der Waals surface area contributed by atoms with Crippen LogP contribution in [0.4, 0.5) is 10.1 Å². The Hall–Kier alpha value is -3.35. The van der Waals surface area contributed by atoms with Crippen molar-refractivity contribution in [2.24, 2.45) is 5.73 Å². The molecule has 3 aromatic rings. The number of carbonyl (C=O) groups excluding carboxylic acids is 2. The third-order valence-corrected chi connectivity index (χ3v) is 7.72. The van der Waals surface area contributed by atoms with E-state index in [2.05, 4.69) is 15.5 Å². The molecule has 10 nitrogen and oxygen atoms in total. The monoisotopic (exact) mass is 549 g/mol. The molecule has 0 radical (unpaired) electrons. The predicted octanol–water partition coefficient (Wildman–Crippen LogP) is 2.59. The Morgan fingerprint density at radius 3 is 2.51 bits per heavy atom. The van der Waals surface area contributed by atoms with Crippen LogP contribution in [-0.2, 0) is 31.4 Å². The summed E-state index contributed by atoms with van der Waals surface area (Å²) in [7, 11) is -4.23. The summed E-state index contributed by atoms with van der Waals surface area (Å²) in [4.78, 5) is 26.4. The van der Waals surface area contributed by atoms with E-state index in [4.69, 9.17) is 21.8 Å². The van der Waals surface area contributed by atoms with Gasteiger partial charge in [-0.25, -0.2) is 12.8 Å². The summed E-state index contributed by atoms with van der Waals surface area (Å²) >= 11 is 5.98. The lowest BCUT2D eigenvalue weighted by atomic mass is 9.97. The van der Waals surface area contributed by atoms with E-state index in [0.717, 1.165) is 6.07 Å². The highest BCUT2D eigenvalue weighted by Crippen LogP contribution is 2.37. The van der Waals surface area contributed by atoms with Gasteiger partial charge in [0.15, 0.2) is 9.84 Å². The van der Waals surface area contributed by atoms with E-state index in [0.29, 0.717) is 10.6 Å². The van der Waals surface area contributed by atoms with E-state index >= 15 is 4.39 Å². The van der Waals surface area contributed by atoms with Gasteiger partial charge in [0.2, 0.25) is 11.8 Å². The molecule has 0 fully saturated rings. The second-order valence-electron chi connectivity index (χ2n) is 9.62. The fourth-order valence-corrected chi connectivity index (χ4v) is 5.52. The van der Waals surface area contributed by atoms with E-state index in [9.17, 15) is 18.0 Å². The van der Waals surface area contributed by atoms with Crippen LogP contribution in [0.3, 0.4) is 0 Å². The number of amides is 2. The van der Waals surface area contributed by atoms with Gasteiger partial charge < -0.3 is 20.4 Å². The Bertz CT molecular complexity index is 1470. The fraction of sp³-hybridized carbons (Fsp3) is 0.333. The molecule has 1 aliphatic rings. The number of aromatic nitrogens is 2. The maximum atomic E-state index is 15.3. The van der Waals surface area contributed by atoms with Crippen molar-refractivity contribution in [3.05, 3.63) is 58.7 Å². The standard InChI is InChI=1S/C24H25ClFN5O5S/c1-24(2,3)23-30-29-21(36-23)15-8-18-19(9-16(15)26)37(34,35)12-17(28-20(32)10-27)22(33)31(18)11-13-4-6-14(25)7-5-13/h4-9,17H,10-12,27H2,1-3H3,(H,28,32)/t17-/m0/s1. The Kier molecular flexibility index (Phi) is 7.10. The molecule has 0 aliphatic carbocycles. The van der Waals surface area contributed by atoms with Gasteiger partial charge in [-0.15, -0.1) is 10.2 Å². The number of benzene rings is 2. The predicted molar refractivity (Wildman–Crippen MR) is 134 cm³/mol. The molecule has 1 atom stereocenters. The summed E-state index contributed by atoms with van der Waals surface area (Å²) in [6.45, 7) is 4.99. The lowest BCUT2D eigenvalue weighted by Gasteiger charge is -2.26. The third kappa shape index (κ3) is 5.50. The smallest absolute Gasteiger partial charge is 0.250 e. The zero-order valence-electron chi connectivity index (χ0n) is 20.3. The third-order valence-electron chi connectivity index (χ3n) is 5.70. The molecule has 0 saturated carbocycles. The molecule has 2 heterocycles. The molecular formula is C24H25ClFN5O5S. The first kappa shape index (κ1) is 26.7. The number of hydrogen-bond donors (Lipinski definition) is 2. The fourth-order valence-electron chi connectivity index (χ4n) is 3.78. The first-order valence-corrected chi connectivity index (χ1v) is 13.3. The first-order valence-electron chi connectivity index (χ1n) is 11.3. The minimum atomic E-state index is -4.23. The lowest BCUT2D eigenvalue weighted by Crippen LogP contribution is -2.51. The molecule has 0 unspecified atom stereocenters. The summed E-state index contributed by atoms with van der Waals surface area (Å²) in [6.07, 6.45) is 0. The molecule has 0 spiro atoms. The molecule has 1 aromatic heterocycles. The second-order valence-corrected chi connectivity index (χ2v) is 12.1. The van der Waals surface area contributed by atoms with E-state index in [1.165, 1.54) is 11.0 Å². The van der Waals surface area contributed by atoms with Crippen molar-refractivity contribution < 1.29 is 26.8 Å². The van der Waals surface area contributed by atoms with Crippen LogP contribution in [0.2, 0.25) is 5.02 Å². The zero-order chi connectivity index (χ0) is 27.1. The minimum absolute atomic E-state index is 0.0867. The van der Waals surface area contributed by atoms with Crippen molar-refractivity contribution >= 4 is 38.9 Å². The normalized spacial score (nSPS) is 17.3. The summed E-state index contributed by atoms with van der Waals surface area (Å²) in [5, 5.41) is 10.7. The molecule has 2 amide bonds. The van der Waals surface area contributed by atoms with Gasteiger partial charge in [0.05, 0.1) is 35.0 Å². The highest BCUT2D eigenvalue weighted by atomic mass is 35.5. The molecule has 196 valence electrons. The summed E-state index contributed by atoms with van der Waals surface area (Å²) < 4.78 is 47.6. The van der Waals surface area contributed by atoms with Gasteiger partial charge in [-0.1, -0.05) is 44.5 Å². The Morgan fingerprint density at radius 1 is 1.24 bits per heavy atom. The van der Waals surface area contributed by atoms with Crippen LogP contribution in [-0.4, -0.2) is 48.8 Å². The minimum Gasteiger partial charge on any atom is -0.420 e. The Labute approximate surface area is 217 Å². The Morgan fingerprint density at radius 2 is 1.92 bits per heavy atom. The van der Waals surface area contributed by atoms with Gasteiger partial charge in [-0.3, -0.25) is 9.59 Å². The second kappa shape index (κ2) is 9.84. The van der Waals surface area contributed by atoms with E-state index in [-0.39, 0.29) is 29.6 Å². The molecule has 0 bridgehead atoms. The van der Waals surface area contributed by atoms with Gasteiger partial charge >= 0.3 is 0 Å². The number of nitrogens with one attached hydrogen (secondary N) is 1. The van der Waals surface area contributed by atoms with E-state index in [1.807, 2.05) is 20.8 Å². The van der Waals surface area contributed by atoms with Crippen molar-refractivity contribution in [2.45, 2.75) is 43.7 Å². The average Bonchev–Trinajstić information content (AvgIpc) is 3.31. The average molecular weight is 550 g/mol. The number of fused-ring (bicyclic) bond motifs is 1. The van der Waals surface area contributed by atoms with Gasteiger partial charge in [0.25, 0.3) is 11.8 Å². The van der Waals surface area contributed by atoms with E-state index < -0.39 is 56.1 Å². The number of sulfone groups is 1. The molecular weight excluding hydrogens is 525 g/mol. The van der Waals surface area contributed by atoms with Crippen molar-refractivity contribution in [1.29, 1.82) is 0 Å². The largest absolute Gasteiger partial charge is 0.420 e. The van der Waals surface area contributed by atoms with Crippen LogP contribution >= 0.6 is 11.6 Å². The molecule has 13 heteroatoms. The molecule has 3 N–H and O–H groups in total. The summed E-state index contributed by atoms with van der Waals surface area (Å²) in [5.74, 6) is -3.03. The zero-order valence-corrected chi connectivity index (χ0v) is 21.9. The number of anilines is 1. The number of rotatable bonds is 5. The number of nitrogens with zero attached hydrogens (tertiary/aromatic N) is 3. The maximum Gasteiger partial charge on any atom is 0.250 e. The molecule has 37 heavy (non-hydrogen) atoms. The van der Waals surface area contributed by atoms with Gasteiger partial charge in [-0.2, -0.15) is 0 Å². The highest BCUT2D eigenvalue weighted by molar-refractivity contribution is 7.91. The molecule has 1 aliphatic heterocycles. The number of nitrogens with two attached hydrogens (primary N) is 1. The van der Waals surface area contributed by atoms with Crippen LogP contribution in [0, 0.1) is 5.82 Å². The quantitative estimate of drug-likeness (QED) is 0.493. The topological polar surface area (TPSA) is 148 Å². The first-order chi connectivity index (χ1) is 17.3. The number of halogens is 2. The Balaban J connectivity index is 1.90. The van der Waals surface area contributed by atoms with Crippen LogP contribution in [0.5, 0.6) is 0 Å². The summed E-state index contributed by atoms with van der Waals surface area (Å²) in [6, 6.07) is 7.16. The van der Waals surface area contributed by atoms with Crippen molar-refractivity contribution in [3.8, 4) is 11.5 Å².